The van der Waals surface area contributed by atoms with E-state index in [4.69, 9.17) is 4.74 Å². The number of amides is 1. The normalized spacial score (nSPS) is 16.6. The number of benzene rings is 1. The molecule has 1 amide bonds. The maximum atomic E-state index is 12.1. The fraction of sp³-hybridized carbons (Fsp3) is 0.550. The van der Waals surface area contributed by atoms with Gasteiger partial charge in [-0.3, -0.25) is 5.32 Å². The summed E-state index contributed by atoms with van der Waals surface area (Å²) in [7, 11) is 0. The molecule has 1 unspecified atom stereocenters. The third-order valence-electron chi connectivity index (χ3n) is 4.43. The first-order chi connectivity index (χ1) is 11.3. The number of carbonyl (C=O) groups excluding carboxylic acids is 1. The zero-order valence-electron chi connectivity index (χ0n) is 14.2. The number of hydrogen-bond acceptors (Lipinski definition) is 2. The molecule has 0 aromatic heterocycles. The molecule has 3 heteroatoms. The van der Waals surface area contributed by atoms with Crippen molar-refractivity contribution in [2.24, 2.45) is 5.92 Å². The number of carbonyl (C=O) groups is 1. The maximum absolute atomic E-state index is 12.1. The molecule has 1 aromatic rings. The maximum Gasteiger partial charge on any atom is 0.412 e. The summed E-state index contributed by atoms with van der Waals surface area (Å²) in [5.74, 6) is 0.471. The third kappa shape index (κ3) is 6.47. The Morgan fingerprint density at radius 2 is 2.00 bits per heavy atom. The molecule has 126 valence electrons. The number of unbranched alkanes of at least 4 members (excludes halogenated alkanes) is 3. The minimum atomic E-state index is -0.355. The van der Waals surface area contributed by atoms with E-state index in [1.165, 1.54) is 32.1 Å². The molecular weight excluding hydrogens is 286 g/mol. The highest BCUT2D eigenvalue weighted by molar-refractivity contribution is 5.84. The number of para-hydroxylation sites is 1. The molecule has 0 radical (unpaired) electrons. The van der Waals surface area contributed by atoms with Gasteiger partial charge in [0.05, 0.1) is 0 Å². The first-order valence-corrected chi connectivity index (χ1v) is 8.99. The van der Waals surface area contributed by atoms with Gasteiger partial charge in [-0.2, -0.15) is 0 Å². The Morgan fingerprint density at radius 3 is 2.70 bits per heavy atom. The van der Waals surface area contributed by atoms with Crippen LogP contribution in [0.15, 0.2) is 42.5 Å². The van der Waals surface area contributed by atoms with Crippen LogP contribution < -0.4 is 5.32 Å². The van der Waals surface area contributed by atoms with E-state index < -0.39 is 0 Å². The highest BCUT2D eigenvalue weighted by atomic mass is 16.6. The van der Waals surface area contributed by atoms with Crippen molar-refractivity contribution in [2.45, 2.75) is 64.4 Å². The lowest BCUT2D eigenvalue weighted by molar-refractivity contribution is 0.102. The van der Waals surface area contributed by atoms with E-state index >= 15 is 0 Å². The van der Waals surface area contributed by atoms with Crippen LogP contribution in [0.2, 0.25) is 0 Å². The minimum absolute atomic E-state index is 0.0946. The topological polar surface area (TPSA) is 38.3 Å². The van der Waals surface area contributed by atoms with Crippen LogP contribution in [0.25, 0.3) is 0 Å². The number of allylic oxidation sites excluding steroid dienone is 1. The molecule has 0 bridgehead atoms. The molecule has 1 atom stereocenters. The summed E-state index contributed by atoms with van der Waals surface area (Å²) in [6.07, 6.45) is 13.4. The summed E-state index contributed by atoms with van der Waals surface area (Å²) in [5, 5.41) is 2.81. The summed E-state index contributed by atoms with van der Waals surface area (Å²) >= 11 is 0. The number of nitrogens with one attached hydrogen (secondary N) is 1. The van der Waals surface area contributed by atoms with Gasteiger partial charge in [0.25, 0.3) is 0 Å². The molecular formula is C20H29NO2. The van der Waals surface area contributed by atoms with Gasteiger partial charge in [-0.05, 0) is 49.8 Å². The molecule has 1 aliphatic rings. The Balaban J connectivity index is 1.87. The lowest BCUT2D eigenvalue weighted by Crippen LogP contribution is -2.26. The lowest BCUT2D eigenvalue weighted by Gasteiger charge is -2.21. The van der Waals surface area contributed by atoms with Crippen molar-refractivity contribution in [1.82, 2.24) is 0 Å². The van der Waals surface area contributed by atoms with Crippen LogP contribution in [0.3, 0.4) is 0 Å². The molecule has 1 saturated carbocycles. The highest BCUT2D eigenvalue weighted by Crippen LogP contribution is 2.30. The van der Waals surface area contributed by atoms with Crippen molar-refractivity contribution in [2.75, 3.05) is 5.32 Å². The molecule has 1 fully saturated rings. The predicted octanol–water partition coefficient (Wildman–Crippen LogP) is 5.93. The van der Waals surface area contributed by atoms with Crippen LogP contribution in [0.5, 0.6) is 0 Å². The van der Waals surface area contributed by atoms with Crippen LogP contribution >= 0.6 is 0 Å². The van der Waals surface area contributed by atoms with Crippen molar-refractivity contribution >= 4 is 11.8 Å². The van der Waals surface area contributed by atoms with E-state index in [1.54, 1.807) is 0 Å². The van der Waals surface area contributed by atoms with Crippen molar-refractivity contribution in [3.8, 4) is 0 Å². The second kappa shape index (κ2) is 10.1. The first kappa shape index (κ1) is 17.6. The summed E-state index contributed by atoms with van der Waals surface area (Å²) < 4.78 is 5.71. The fourth-order valence-electron chi connectivity index (χ4n) is 3.11. The Bertz CT molecular complexity index is 478. The molecule has 0 aliphatic heterocycles. The van der Waals surface area contributed by atoms with Crippen molar-refractivity contribution < 1.29 is 9.53 Å². The van der Waals surface area contributed by atoms with E-state index in [0.29, 0.717) is 5.92 Å². The fourth-order valence-corrected chi connectivity index (χ4v) is 3.11. The van der Waals surface area contributed by atoms with E-state index in [2.05, 4.69) is 24.4 Å². The number of ether oxygens (including phenoxy) is 1. The van der Waals surface area contributed by atoms with E-state index in [1.807, 2.05) is 30.3 Å². The van der Waals surface area contributed by atoms with Gasteiger partial charge in [-0.25, -0.2) is 4.79 Å². The molecule has 2 rings (SSSR count). The molecule has 23 heavy (non-hydrogen) atoms. The summed E-state index contributed by atoms with van der Waals surface area (Å²) in [6.45, 7) is 2.21. The third-order valence-corrected chi connectivity index (χ3v) is 4.43. The predicted molar refractivity (Wildman–Crippen MR) is 95.6 cm³/mol. The van der Waals surface area contributed by atoms with Crippen LogP contribution in [0.4, 0.5) is 10.5 Å². The van der Waals surface area contributed by atoms with E-state index in [0.717, 1.165) is 24.9 Å². The molecule has 3 nitrogen and oxygen atoms in total. The molecule has 1 aromatic carbocycles. The first-order valence-electron chi connectivity index (χ1n) is 8.99. The minimum Gasteiger partial charge on any atom is -0.441 e. The Morgan fingerprint density at radius 1 is 1.26 bits per heavy atom. The van der Waals surface area contributed by atoms with Gasteiger partial charge in [0.1, 0.15) is 6.10 Å². The quantitative estimate of drug-likeness (QED) is 0.477. The lowest BCUT2D eigenvalue weighted by atomic mass is 10.00. The van der Waals surface area contributed by atoms with Crippen LogP contribution in [-0.4, -0.2) is 12.2 Å². The van der Waals surface area contributed by atoms with Crippen LogP contribution in [-0.2, 0) is 4.74 Å². The van der Waals surface area contributed by atoms with Gasteiger partial charge < -0.3 is 4.74 Å². The molecule has 0 heterocycles. The molecule has 1 aliphatic carbocycles. The van der Waals surface area contributed by atoms with Crippen molar-refractivity contribution in [1.29, 1.82) is 0 Å². The number of hydrogen-bond donors (Lipinski definition) is 1. The standard InChI is InChI=1S/C20H29NO2/c1-2-3-4-5-9-16-19(17-12-10-11-13-17)23-20(22)21-18-14-7-6-8-15-18/h6-9,14-17,19H,2-5,10-13H2,1H3,(H,21,22)/b16-9-. The summed E-state index contributed by atoms with van der Waals surface area (Å²) in [4.78, 5) is 12.1. The Hall–Kier alpha value is -1.77. The van der Waals surface area contributed by atoms with Gasteiger partial charge in [-0.1, -0.05) is 56.9 Å². The smallest absolute Gasteiger partial charge is 0.412 e. The monoisotopic (exact) mass is 315 g/mol. The average Bonchev–Trinajstić information content (AvgIpc) is 3.09. The average molecular weight is 315 g/mol. The Kier molecular flexibility index (Phi) is 7.71. The van der Waals surface area contributed by atoms with Gasteiger partial charge in [-0.15, -0.1) is 0 Å². The molecule has 1 N–H and O–H groups in total. The van der Waals surface area contributed by atoms with Crippen molar-refractivity contribution in [3.63, 3.8) is 0 Å². The van der Waals surface area contributed by atoms with Gasteiger partial charge in [0.15, 0.2) is 0 Å². The van der Waals surface area contributed by atoms with E-state index in [-0.39, 0.29) is 12.2 Å². The van der Waals surface area contributed by atoms with E-state index in [9.17, 15) is 4.79 Å². The molecule has 0 spiro atoms. The SMILES string of the molecule is CCCCC/C=C\C(OC(=O)Nc1ccccc1)C1CCCC1. The molecule has 0 saturated heterocycles. The van der Waals surface area contributed by atoms with Crippen molar-refractivity contribution in [3.05, 3.63) is 42.5 Å². The number of anilines is 1. The highest BCUT2D eigenvalue weighted by Gasteiger charge is 2.26. The van der Waals surface area contributed by atoms with Crippen LogP contribution in [0.1, 0.15) is 58.3 Å². The van der Waals surface area contributed by atoms with Gasteiger partial charge >= 0.3 is 6.09 Å². The van der Waals surface area contributed by atoms with Gasteiger partial charge in [0.2, 0.25) is 0 Å². The zero-order chi connectivity index (χ0) is 16.3. The zero-order valence-corrected chi connectivity index (χ0v) is 14.2. The summed E-state index contributed by atoms with van der Waals surface area (Å²) in [6, 6.07) is 9.46. The van der Waals surface area contributed by atoms with Crippen LogP contribution in [0, 0.1) is 5.92 Å². The largest absolute Gasteiger partial charge is 0.441 e. The Labute approximate surface area is 140 Å². The van der Waals surface area contributed by atoms with Gasteiger partial charge in [0, 0.05) is 5.69 Å². The number of rotatable bonds is 8. The second-order valence-electron chi connectivity index (χ2n) is 6.33. The second-order valence-corrected chi connectivity index (χ2v) is 6.33. The summed E-state index contributed by atoms with van der Waals surface area (Å²) in [5.41, 5.74) is 0.773.